The first-order chi connectivity index (χ1) is 12.2. The Morgan fingerprint density at radius 3 is 2.27 bits per heavy atom. The number of fused-ring (bicyclic) bond motifs is 1. The number of rotatable bonds is 5. The van der Waals surface area contributed by atoms with Crippen molar-refractivity contribution in [2.24, 2.45) is 0 Å². The second-order valence-electron chi connectivity index (χ2n) is 6.38. The number of sulfonamides is 1. The van der Waals surface area contributed by atoms with Crippen LogP contribution in [-0.2, 0) is 10.0 Å². The van der Waals surface area contributed by atoms with Gasteiger partial charge in [0.15, 0.2) is 17.3 Å². The Hall–Kier alpha value is -2.19. The second kappa shape index (κ2) is 6.85. The normalized spacial score (nSPS) is 14.0. The second-order valence-corrected chi connectivity index (χ2v) is 9.18. The predicted molar refractivity (Wildman–Crippen MR) is 102 cm³/mol. The highest BCUT2D eigenvalue weighted by Gasteiger charge is 2.24. The number of hydrogen-bond donors (Lipinski definition) is 2. The third-order valence-corrected chi connectivity index (χ3v) is 5.38. The van der Waals surface area contributed by atoms with Crippen LogP contribution in [0.5, 0.6) is 11.5 Å². The van der Waals surface area contributed by atoms with Crippen molar-refractivity contribution in [1.82, 2.24) is 0 Å². The molecule has 8 heteroatoms. The van der Waals surface area contributed by atoms with Crippen LogP contribution in [0, 0.1) is 0 Å². The summed E-state index contributed by atoms with van der Waals surface area (Å²) in [5.74, 6) is 0.898. The topological polar surface area (TPSA) is 81.7 Å². The number of thiol groups is 1. The molecule has 2 aromatic carbocycles. The van der Waals surface area contributed by atoms with Crippen molar-refractivity contribution in [3.8, 4) is 11.5 Å². The molecular weight excluding hydrogens is 374 g/mol. The van der Waals surface area contributed by atoms with E-state index >= 15 is 0 Å². The van der Waals surface area contributed by atoms with Gasteiger partial charge in [-0.25, -0.2) is 8.42 Å². The van der Waals surface area contributed by atoms with Gasteiger partial charge in [0.05, 0.1) is 15.3 Å². The van der Waals surface area contributed by atoms with E-state index in [-0.39, 0.29) is 10.7 Å². The fraction of sp³-hybridized carbons (Fsp3) is 0.278. The van der Waals surface area contributed by atoms with Crippen LogP contribution < -0.4 is 14.2 Å². The minimum Gasteiger partial charge on any atom is -0.486 e. The molecule has 6 nitrogen and oxygen atoms in total. The number of ketones is 1. The minimum absolute atomic E-state index is 0.0564. The van der Waals surface area contributed by atoms with E-state index in [4.69, 9.17) is 9.47 Å². The maximum Gasteiger partial charge on any atom is 0.261 e. The average Bonchev–Trinajstić information content (AvgIpc) is 2.60. The lowest BCUT2D eigenvalue weighted by Gasteiger charge is -2.19. The van der Waals surface area contributed by atoms with E-state index in [1.54, 1.807) is 32.0 Å². The molecule has 3 rings (SSSR count). The van der Waals surface area contributed by atoms with Gasteiger partial charge in [-0.15, -0.1) is 0 Å². The molecule has 0 bridgehead atoms. The van der Waals surface area contributed by atoms with Gasteiger partial charge in [0, 0.05) is 11.6 Å². The summed E-state index contributed by atoms with van der Waals surface area (Å²) < 4.78 is 37.7. The van der Waals surface area contributed by atoms with Gasteiger partial charge in [0.1, 0.15) is 13.2 Å². The Labute approximate surface area is 158 Å². The summed E-state index contributed by atoms with van der Waals surface area (Å²) in [6, 6.07) is 10.6. The maximum atomic E-state index is 12.6. The van der Waals surface area contributed by atoms with Crippen molar-refractivity contribution in [2.45, 2.75) is 23.5 Å². The SMILES string of the molecule is CC(C)(S)C(=O)c1ccc(S(=O)(=O)Nc2ccc3c(c2)OCCO3)cc1. The van der Waals surface area contributed by atoms with E-state index in [0.717, 1.165) is 0 Å². The van der Waals surface area contributed by atoms with Crippen LogP contribution in [0.15, 0.2) is 47.4 Å². The molecule has 1 aliphatic rings. The third-order valence-electron chi connectivity index (χ3n) is 3.78. The Kier molecular flexibility index (Phi) is 4.90. The molecule has 0 saturated carbocycles. The van der Waals surface area contributed by atoms with Crippen molar-refractivity contribution < 1.29 is 22.7 Å². The van der Waals surface area contributed by atoms with Crippen molar-refractivity contribution in [3.05, 3.63) is 48.0 Å². The van der Waals surface area contributed by atoms with E-state index < -0.39 is 14.8 Å². The number of benzene rings is 2. The largest absolute Gasteiger partial charge is 0.486 e. The van der Waals surface area contributed by atoms with Gasteiger partial charge in [-0.3, -0.25) is 9.52 Å². The number of carbonyl (C=O) groups excluding carboxylic acids is 1. The first-order valence-corrected chi connectivity index (χ1v) is 9.89. The highest BCUT2D eigenvalue weighted by molar-refractivity contribution is 7.92. The Morgan fingerprint density at radius 1 is 1.04 bits per heavy atom. The fourth-order valence-corrected chi connectivity index (χ4v) is 3.64. The van der Waals surface area contributed by atoms with Crippen molar-refractivity contribution in [2.75, 3.05) is 17.9 Å². The molecule has 0 aliphatic carbocycles. The molecule has 0 atom stereocenters. The number of Topliss-reactive ketones (excluding diaryl/α,β-unsaturated/α-hetero) is 1. The van der Waals surface area contributed by atoms with Gasteiger partial charge >= 0.3 is 0 Å². The predicted octanol–water partition coefficient (Wildman–Crippen LogP) is 3.15. The molecule has 0 aromatic heterocycles. The van der Waals surface area contributed by atoms with E-state index in [0.29, 0.717) is 36.0 Å². The van der Waals surface area contributed by atoms with Gasteiger partial charge in [0.25, 0.3) is 10.0 Å². The fourth-order valence-electron chi connectivity index (χ4n) is 2.46. The lowest BCUT2D eigenvalue weighted by Crippen LogP contribution is -2.24. The van der Waals surface area contributed by atoms with Gasteiger partial charge in [-0.1, -0.05) is 0 Å². The molecule has 26 heavy (non-hydrogen) atoms. The monoisotopic (exact) mass is 393 g/mol. The Morgan fingerprint density at radius 2 is 1.65 bits per heavy atom. The molecule has 0 saturated heterocycles. The minimum atomic E-state index is -3.79. The Balaban J connectivity index is 1.81. The smallest absolute Gasteiger partial charge is 0.261 e. The molecule has 0 amide bonds. The first-order valence-electron chi connectivity index (χ1n) is 7.96. The number of hydrogen-bond acceptors (Lipinski definition) is 6. The highest BCUT2D eigenvalue weighted by atomic mass is 32.2. The number of nitrogens with one attached hydrogen (secondary N) is 1. The number of anilines is 1. The molecular formula is C18H19NO5S2. The van der Waals surface area contributed by atoms with E-state index in [9.17, 15) is 13.2 Å². The summed E-state index contributed by atoms with van der Waals surface area (Å²) in [5.41, 5.74) is 0.772. The zero-order valence-electron chi connectivity index (χ0n) is 14.4. The van der Waals surface area contributed by atoms with Crippen LogP contribution >= 0.6 is 12.6 Å². The lowest BCUT2D eigenvalue weighted by atomic mass is 10.0. The Bertz CT molecular complexity index is 931. The van der Waals surface area contributed by atoms with Gasteiger partial charge in [0.2, 0.25) is 0 Å². The third kappa shape index (κ3) is 3.96. The highest BCUT2D eigenvalue weighted by Crippen LogP contribution is 2.33. The zero-order chi connectivity index (χ0) is 18.9. The lowest BCUT2D eigenvalue weighted by molar-refractivity contribution is 0.0959. The standard InChI is InChI=1S/C18H19NO5S2/c1-18(2,25)17(20)12-3-6-14(7-4-12)26(21,22)19-13-5-8-15-16(11-13)24-10-9-23-15/h3-8,11,19,25H,9-10H2,1-2H3. The van der Waals surface area contributed by atoms with Gasteiger partial charge in [-0.05, 0) is 50.2 Å². The van der Waals surface area contributed by atoms with Crippen LogP contribution in [-0.4, -0.2) is 32.2 Å². The molecule has 2 aromatic rings. The summed E-state index contributed by atoms with van der Waals surface area (Å²) in [6.45, 7) is 4.26. The van der Waals surface area contributed by atoms with Crippen molar-refractivity contribution >= 4 is 34.1 Å². The van der Waals surface area contributed by atoms with Crippen LogP contribution in [0.2, 0.25) is 0 Å². The summed E-state index contributed by atoms with van der Waals surface area (Å²) >= 11 is 4.25. The molecule has 138 valence electrons. The molecule has 1 heterocycles. The molecule has 0 spiro atoms. The van der Waals surface area contributed by atoms with Crippen LogP contribution in [0.4, 0.5) is 5.69 Å². The summed E-state index contributed by atoms with van der Waals surface area (Å²) in [4.78, 5) is 12.2. The number of ether oxygens (including phenoxy) is 2. The van der Waals surface area contributed by atoms with Gasteiger partial charge in [-0.2, -0.15) is 12.6 Å². The summed E-state index contributed by atoms with van der Waals surface area (Å²) in [7, 11) is -3.79. The average molecular weight is 393 g/mol. The van der Waals surface area contributed by atoms with E-state index in [2.05, 4.69) is 17.4 Å². The van der Waals surface area contributed by atoms with Crippen LogP contribution in [0.25, 0.3) is 0 Å². The molecule has 0 fully saturated rings. The molecule has 1 aliphatic heterocycles. The number of carbonyl (C=O) groups is 1. The quantitative estimate of drug-likeness (QED) is 0.602. The first kappa shape index (κ1) is 18.6. The summed E-state index contributed by atoms with van der Waals surface area (Å²) in [5, 5.41) is 0. The maximum absolute atomic E-state index is 12.6. The molecule has 1 N–H and O–H groups in total. The molecule has 0 radical (unpaired) electrons. The summed E-state index contributed by atoms with van der Waals surface area (Å²) in [6.07, 6.45) is 0. The van der Waals surface area contributed by atoms with Crippen molar-refractivity contribution in [1.29, 1.82) is 0 Å². The van der Waals surface area contributed by atoms with E-state index in [1.807, 2.05) is 0 Å². The van der Waals surface area contributed by atoms with E-state index in [1.165, 1.54) is 24.3 Å². The van der Waals surface area contributed by atoms with Crippen LogP contribution in [0.3, 0.4) is 0 Å². The van der Waals surface area contributed by atoms with Crippen molar-refractivity contribution in [3.63, 3.8) is 0 Å². The molecule has 0 unspecified atom stereocenters. The zero-order valence-corrected chi connectivity index (χ0v) is 16.1. The van der Waals surface area contributed by atoms with Crippen LogP contribution in [0.1, 0.15) is 24.2 Å². The van der Waals surface area contributed by atoms with Gasteiger partial charge < -0.3 is 9.47 Å².